The quantitative estimate of drug-likeness (QED) is 0.706. The molecule has 0 aromatic heterocycles. The van der Waals surface area contributed by atoms with Crippen LogP contribution in [0.2, 0.25) is 0 Å². The van der Waals surface area contributed by atoms with Crippen LogP contribution in [0.25, 0.3) is 0 Å². The molecule has 1 saturated carbocycles. The van der Waals surface area contributed by atoms with Gasteiger partial charge in [0, 0.05) is 31.6 Å². The fourth-order valence-electron chi connectivity index (χ4n) is 3.68. The molecule has 2 heterocycles. The van der Waals surface area contributed by atoms with E-state index in [-0.39, 0.29) is 29.9 Å². The summed E-state index contributed by atoms with van der Waals surface area (Å²) in [5.41, 5.74) is 0. The predicted molar refractivity (Wildman–Crippen MR) is 84.7 cm³/mol. The topological polar surface area (TPSA) is 90.5 Å². The van der Waals surface area contributed by atoms with E-state index in [1.54, 1.807) is 0 Å². The van der Waals surface area contributed by atoms with Crippen LogP contribution in [0.5, 0.6) is 0 Å². The molecule has 3 N–H and O–H groups in total. The molecule has 23 heavy (non-hydrogen) atoms. The highest BCUT2D eigenvalue weighted by Crippen LogP contribution is 2.19. The molecule has 7 heteroatoms. The molecule has 0 radical (unpaired) electrons. The van der Waals surface area contributed by atoms with Crippen molar-refractivity contribution in [3.05, 3.63) is 0 Å². The average molecular weight is 322 g/mol. The maximum absolute atomic E-state index is 12.2. The molecule has 1 unspecified atom stereocenters. The van der Waals surface area contributed by atoms with Crippen molar-refractivity contribution >= 4 is 17.8 Å². The predicted octanol–water partition coefficient (Wildman–Crippen LogP) is 0.498. The van der Waals surface area contributed by atoms with E-state index in [4.69, 9.17) is 0 Å². The number of amides is 4. The van der Waals surface area contributed by atoms with Crippen LogP contribution < -0.4 is 16.0 Å². The summed E-state index contributed by atoms with van der Waals surface area (Å²) in [4.78, 5) is 37.3. The van der Waals surface area contributed by atoms with Gasteiger partial charge in [-0.15, -0.1) is 0 Å². The monoisotopic (exact) mass is 322 g/mol. The van der Waals surface area contributed by atoms with Crippen LogP contribution in [-0.2, 0) is 9.59 Å². The van der Waals surface area contributed by atoms with Crippen LogP contribution in [0, 0.1) is 0 Å². The minimum absolute atomic E-state index is 0.0322. The van der Waals surface area contributed by atoms with Gasteiger partial charge in [0.15, 0.2) is 0 Å². The molecular formula is C16H26N4O3. The molecular weight excluding hydrogens is 296 g/mol. The number of piperidine rings is 1. The summed E-state index contributed by atoms with van der Waals surface area (Å²) >= 11 is 0. The van der Waals surface area contributed by atoms with Gasteiger partial charge < -0.3 is 20.9 Å². The van der Waals surface area contributed by atoms with E-state index in [0.717, 1.165) is 25.7 Å². The summed E-state index contributed by atoms with van der Waals surface area (Å²) in [7, 11) is 0. The van der Waals surface area contributed by atoms with Crippen molar-refractivity contribution in [2.45, 2.75) is 69.5 Å². The third kappa shape index (κ3) is 4.14. The van der Waals surface area contributed by atoms with E-state index in [1.165, 1.54) is 12.8 Å². The van der Waals surface area contributed by atoms with Crippen LogP contribution in [0.1, 0.15) is 51.4 Å². The third-order valence-corrected chi connectivity index (χ3v) is 5.12. The highest BCUT2D eigenvalue weighted by molar-refractivity contribution is 5.90. The summed E-state index contributed by atoms with van der Waals surface area (Å²) in [6.07, 6.45) is 7.13. The molecule has 0 bridgehead atoms. The van der Waals surface area contributed by atoms with E-state index in [2.05, 4.69) is 16.0 Å². The number of likely N-dealkylation sites (tertiary alicyclic amines) is 1. The average Bonchev–Trinajstić information content (AvgIpc) is 3.19. The van der Waals surface area contributed by atoms with Crippen molar-refractivity contribution in [1.82, 2.24) is 20.9 Å². The van der Waals surface area contributed by atoms with Crippen molar-refractivity contribution in [2.24, 2.45) is 0 Å². The lowest BCUT2D eigenvalue weighted by atomic mass is 10.0. The molecule has 1 atom stereocenters. The van der Waals surface area contributed by atoms with E-state index in [0.29, 0.717) is 32.0 Å². The Hall–Kier alpha value is -1.79. The Kier molecular flexibility index (Phi) is 5.03. The van der Waals surface area contributed by atoms with Gasteiger partial charge in [-0.1, -0.05) is 12.8 Å². The van der Waals surface area contributed by atoms with Gasteiger partial charge in [-0.2, -0.15) is 0 Å². The maximum Gasteiger partial charge on any atom is 0.317 e. The van der Waals surface area contributed by atoms with E-state index in [9.17, 15) is 14.4 Å². The van der Waals surface area contributed by atoms with Crippen molar-refractivity contribution in [3.63, 3.8) is 0 Å². The Bertz CT molecular complexity index is 468. The van der Waals surface area contributed by atoms with Crippen LogP contribution >= 0.6 is 0 Å². The van der Waals surface area contributed by atoms with E-state index >= 15 is 0 Å². The highest BCUT2D eigenvalue weighted by atomic mass is 16.2. The first-order valence-corrected chi connectivity index (χ1v) is 8.77. The Morgan fingerprint density at radius 3 is 2.22 bits per heavy atom. The second kappa shape index (κ2) is 7.19. The smallest absolute Gasteiger partial charge is 0.317 e. The Morgan fingerprint density at radius 2 is 1.61 bits per heavy atom. The highest BCUT2D eigenvalue weighted by Gasteiger charge is 2.30. The summed E-state index contributed by atoms with van der Waals surface area (Å²) in [5, 5.41) is 8.79. The van der Waals surface area contributed by atoms with Crippen molar-refractivity contribution in [1.29, 1.82) is 0 Å². The zero-order valence-corrected chi connectivity index (χ0v) is 13.5. The standard InChI is InChI=1S/C16H26N4O3/c21-14-6-5-13(19-14)15(22)17-12-7-9-20(10-8-12)16(23)18-11-3-1-2-4-11/h11-13H,1-10H2,(H,17,22)(H,18,23)(H,19,21). The molecule has 128 valence electrons. The summed E-state index contributed by atoms with van der Waals surface area (Å²) in [5.74, 6) is -0.145. The van der Waals surface area contributed by atoms with Gasteiger partial charge in [-0.3, -0.25) is 9.59 Å². The zero-order valence-electron chi connectivity index (χ0n) is 13.5. The van der Waals surface area contributed by atoms with Gasteiger partial charge >= 0.3 is 6.03 Å². The molecule has 3 rings (SSSR count). The lowest BCUT2D eigenvalue weighted by Gasteiger charge is -2.33. The lowest BCUT2D eigenvalue weighted by Crippen LogP contribution is -2.53. The maximum atomic E-state index is 12.2. The second-order valence-corrected chi connectivity index (χ2v) is 6.86. The van der Waals surface area contributed by atoms with Gasteiger partial charge in [0.1, 0.15) is 6.04 Å². The third-order valence-electron chi connectivity index (χ3n) is 5.12. The fraction of sp³-hybridized carbons (Fsp3) is 0.812. The van der Waals surface area contributed by atoms with Gasteiger partial charge in [-0.25, -0.2) is 4.79 Å². The molecule has 0 aromatic rings. The van der Waals surface area contributed by atoms with E-state index in [1.807, 2.05) is 4.90 Å². The molecule has 1 aliphatic carbocycles. The number of rotatable bonds is 3. The molecule has 4 amide bonds. The second-order valence-electron chi connectivity index (χ2n) is 6.86. The number of hydrogen-bond acceptors (Lipinski definition) is 3. The van der Waals surface area contributed by atoms with Gasteiger partial charge in [0.05, 0.1) is 0 Å². The Balaban J connectivity index is 1.38. The summed E-state index contributed by atoms with van der Waals surface area (Å²) in [6.45, 7) is 1.33. The molecule has 2 saturated heterocycles. The molecule has 0 aromatic carbocycles. The van der Waals surface area contributed by atoms with Crippen molar-refractivity contribution in [3.8, 4) is 0 Å². The first-order chi connectivity index (χ1) is 11.1. The van der Waals surface area contributed by atoms with E-state index < -0.39 is 0 Å². The molecule has 3 aliphatic rings. The van der Waals surface area contributed by atoms with Gasteiger partial charge in [0.25, 0.3) is 0 Å². The van der Waals surface area contributed by atoms with Crippen molar-refractivity contribution < 1.29 is 14.4 Å². The molecule has 0 spiro atoms. The number of nitrogens with one attached hydrogen (secondary N) is 3. The minimum Gasteiger partial charge on any atom is -0.351 e. The number of carbonyl (C=O) groups is 3. The van der Waals surface area contributed by atoms with Crippen LogP contribution in [-0.4, -0.2) is 54.0 Å². The zero-order chi connectivity index (χ0) is 16.2. The summed E-state index contributed by atoms with van der Waals surface area (Å²) in [6, 6.07) is 0.0809. The molecule has 3 fully saturated rings. The number of nitrogens with zero attached hydrogens (tertiary/aromatic N) is 1. The van der Waals surface area contributed by atoms with Crippen LogP contribution in [0.4, 0.5) is 4.79 Å². The molecule has 2 aliphatic heterocycles. The normalized spacial score (nSPS) is 26.2. The number of hydrogen-bond donors (Lipinski definition) is 3. The van der Waals surface area contributed by atoms with Crippen LogP contribution in [0.15, 0.2) is 0 Å². The summed E-state index contributed by atoms with van der Waals surface area (Å²) < 4.78 is 0. The Labute approximate surface area is 136 Å². The lowest BCUT2D eigenvalue weighted by molar-refractivity contribution is -0.126. The van der Waals surface area contributed by atoms with Gasteiger partial charge in [0.2, 0.25) is 11.8 Å². The number of carbonyl (C=O) groups excluding carboxylic acids is 3. The van der Waals surface area contributed by atoms with Gasteiger partial charge in [-0.05, 0) is 32.1 Å². The minimum atomic E-state index is -0.383. The Morgan fingerprint density at radius 1 is 0.957 bits per heavy atom. The molecule has 7 nitrogen and oxygen atoms in total. The van der Waals surface area contributed by atoms with Crippen molar-refractivity contribution in [2.75, 3.05) is 13.1 Å². The number of urea groups is 1. The largest absolute Gasteiger partial charge is 0.351 e. The SMILES string of the molecule is O=C1CCC(C(=O)NC2CCN(C(=O)NC3CCCC3)CC2)N1. The fourth-order valence-corrected chi connectivity index (χ4v) is 3.68. The first kappa shape index (κ1) is 16.1. The first-order valence-electron chi connectivity index (χ1n) is 8.77. The van der Waals surface area contributed by atoms with Crippen LogP contribution in [0.3, 0.4) is 0 Å².